The van der Waals surface area contributed by atoms with Gasteiger partial charge in [0.1, 0.15) is 0 Å². The Morgan fingerprint density at radius 1 is 1.47 bits per heavy atom. The van der Waals surface area contributed by atoms with Gasteiger partial charge in [-0.15, -0.1) is 0 Å². The van der Waals surface area contributed by atoms with E-state index in [0.717, 1.165) is 14.7 Å². The van der Waals surface area contributed by atoms with Gasteiger partial charge in [0.2, 0.25) is 0 Å². The first kappa shape index (κ1) is 14.5. The Labute approximate surface area is 128 Å². The Hall–Kier alpha value is -0.880. The Bertz CT molecular complexity index is 531. The number of carbonyl (C=O) groups excluding carboxylic acids is 1. The molecular formula is C13H14Br2N2O2. The minimum Gasteiger partial charge on any atom is -0.411 e. The molecule has 2 rings (SSSR count). The van der Waals surface area contributed by atoms with Gasteiger partial charge in [0.05, 0.1) is 11.3 Å². The molecule has 1 saturated heterocycles. The predicted octanol–water partition coefficient (Wildman–Crippen LogP) is 3.52. The molecule has 1 aliphatic rings. The average Bonchev–Trinajstić information content (AvgIpc) is 2.40. The maximum absolute atomic E-state index is 12.5. The Balaban J connectivity index is 2.19. The molecule has 4 nitrogen and oxygen atoms in total. The van der Waals surface area contributed by atoms with Crippen LogP contribution < -0.4 is 0 Å². The molecule has 0 bridgehead atoms. The average molecular weight is 390 g/mol. The molecule has 0 radical (unpaired) electrons. The summed E-state index contributed by atoms with van der Waals surface area (Å²) in [6, 6.07) is 5.55. The molecule has 1 aromatic rings. The summed E-state index contributed by atoms with van der Waals surface area (Å²) in [6.45, 7) is 3.13. The lowest BCUT2D eigenvalue weighted by Crippen LogP contribution is -2.43. The molecule has 102 valence electrons. The molecule has 0 saturated carbocycles. The molecule has 1 N–H and O–H groups in total. The summed E-state index contributed by atoms with van der Waals surface area (Å²) in [4.78, 5) is 14.3. The Morgan fingerprint density at radius 3 is 2.84 bits per heavy atom. The van der Waals surface area contributed by atoms with E-state index < -0.39 is 0 Å². The van der Waals surface area contributed by atoms with Crippen molar-refractivity contribution in [1.82, 2.24) is 4.90 Å². The highest BCUT2D eigenvalue weighted by atomic mass is 79.9. The van der Waals surface area contributed by atoms with Crippen molar-refractivity contribution in [3.63, 3.8) is 0 Å². The second kappa shape index (κ2) is 6.05. The minimum absolute atomic E-state index is 0.00276. The molecule has 0 aliphatic carbocycles. The summed E-state index contributed by atoms with van der Waals surface area (Å²) in [5.41, 5.74) is 1.41. The number of oxime groups is 1. The van der Waals surface area contributed by atoms with Crippen LogP contribution in [-0.4, -0.2) is 34.8 Å². The van der Waals surface area contributed by atoms with Crippen LogP contribution in [0.4, 0.5) is 0 Å². The predicted molar refractivity (Wildman–Crippen MR) is 80.7 cm³/mol. The number of rotatable bonds is 1. The Kier molecular flexibility index (Phi) is 4.62. The van der Waals surface area contributed by atoms with E-state index in [9.17, 15) is 4.79 Å². The lowest BCUT2D eigenvalue weighted by Gasteiger charge is -2.31. The highest BCUT2D eigenvalue weighted by molar-refractivity contribution is 9.11. The lowest BCUT2D eigenvalue weighted by molar-refractivity contribution is 0.0733. The zero-order valence-electron chi connectivity index (χ0n) is 10.4. The van der Waals surface area contributed by atoms with E-state index in [1.165, 1.54) is 0 Å². The van der Waals surface area contributed by atoms with Gasteiger partial charge in [-0.1, -0.05) is 28.0 Å². The fraction of sp³-hybridized carbons (Fsp3) is 0.385. The summed E-state index contributed by atoms with van der Waals surface area (Å²) in [6.07, 6.45) is 0.620. The van der Waals surface area contributed by atoms with Crippen molar-refractivity contribution in [2.45, 2.75) is 13.3 Å². The van der Waals surface area contributed by atoms with Crippen molar-refractivity contribution < 1.29 is 10.0 Å². The largest absolute Gasteiger partial charge is 0.411 e. The van der Waals surface area contributed by atoms with Gasteiger partial charge in [-0.3, -0.25) is 4.79 Å². The molecule has 1 heterocycles. The van der Waals surface area contributed by atoms with Crippen molar-refractivity contribution in [1.29, 1.82) is 0 Å². The van der Waals surface area contributed by atoms with Crippen molar-refractivity contribution >= 4 is 43.5 Å². The van der Waals surface area contributed by atoms with Crippen molar-refractivity contribution in [2.24, 2.45) is 11.1 Å². The fourth-order valence-corrected chi connectivity index (χ4v) is 2.97. The van der Waals surface area contributed by atoms with E-state index in [4.69, 9.17) is 5.21 Å². The zero-order valence-corrected chi connectivity index (χ0v) is 13.6. The quantitative estimate of drug-likeness (QED) is 0.590. The van der Waals surface area contributed by atoms with Crippen LogP contribution in [0.25, 0.3) is 0 Å². The van der Waals surface area contributed by atoms with Gasteiger partial charge in [-0.2, -0.15) is 0 Å². The summed E-state index contributed by atoms with van der Waals surface area (Å²) < 4.78 is 1.66. The van der Waals surface area contributed by atoms with E-state index in [0.29, 0.717) is 25.1 Å². The van der Waals surface area contributed by atoms with Crippen LogP contribution in [0, 0.1) is 5.92 Å². The second-order valence-electron chi connectivity index (χ2n) is 4.62. The summed E-state index contributed by atoms with van der Waals surface area (Å²) in [7, 11) is 0. The van der Waals surface area contributed by atoms with E-state index in [1.54, 1.807) is 4.90 Å². The number of piperidine rings is 1. The number of hydrogen-bond acceptors (Lipinski definition) is 3. The lowest BCUT2D eigenvalue weighted by atomic mass is 9.97. The number of hydrogen-bond donors (Lipinski definition) is 1. The third-order valence-corrected chi connectivity index (χ3v) is 4.46. The first-order valence-electron chi connectivity index (χ1n) is 5.98. The van der Waals surface area contributed by atoms with Crippen LogP contribution in [0.5, 0.6) is 0 Å². The summed E-state index contributed by atoms with van der Waals surface area (Å²) in [5, 5.41) is 12.1. The van der Waals surface area contributed by atoms with Crippen LogP contribution in [0.3, 0.4) is 0 Å². The molecule has 0 spiro atoms. The van der Waals surface area contributed by atoms with Gasteiger partial charge < -0.3 is 10.1 Å². The molecule has 1 fully saturated rings. The molecule has 1 aliphatic heterocycles. The number of halogens is 2. The number of nitrogens with zero attached hydrogens (tertiary/aromatic N) is 2. The number of benzene rings is 1. The van der Waals surface area contributed by atoms with E-state index in [-0.39, 0.29) is 11.8 Å². The van der Waals surface area contributed by atoms with Gasteiger partial charge in [0, 0.05) is 34.4 Å². The van der Waals surface area contributed by atoms with Crippen molar-refractivity contribution in [3.05, 3.63) is 32.7 Å². The molecule has 1 amide bonds. The van der Waals surface area contributed by atoms with Gasteiger partial charge >= 0.3 is 0 Å². The number of likely N-dealkylation sites (tertiary alicyclic amines) is 1. The standard InChI is InChI=1S/C13H14Br2N2O2/c1-8-7-17(5-4-12(8)16-19)13(18)10-6-9(14)2-3-11(10)15/h2-3,6,8,19H,4-5,7H2,1H3/b16-12+. The van der Waals surface area contributed by atoms with Gasteiger partial charge in [-0.25, -0.2) is 0 Å². The van der Waals surface area contributed by atoms with Gasteiger partial charge in [0.25, 0.3) is 5.91 Å². The minimum atomic E-state index is -0.00276. The number of carbonyl (C=O) groups is 1. The maximum Gasteiger partial charge on any atom is 0.255 e. The van der Waals surface area contributed by atoms with Crippen molar-refractivity contribution in [3.8, 4) is 0 Å². The molecule has 1 aromatic carbocycles. The van der Waals surface area contributed by atoms with E-state index in [2.05, 4.69) is 37.0 Å². The van der Waals surface area contributed by atoms with Crippen LogP contribution in [0.2, 0.25) is 0 Å². The second-order valence-corrected chi connectivity index (χ2v) is 6.39. The monoisotopic (exact) mass is 388 g/mol. The van der Waals surface area contributed by atoms with Crippen LogP contribution in [-0.2, 0) is 0 Å². The number of amides is 1. The third-order valence-electron chi connectivity index (χ3n) is 3.28. The normalized spacial score (nSPS) is 21.7. The molecule has 6 heteroatoms. The van der Waals surface area contributed by atoms with Crippen LogP contribution in [0.1, 0.15) is 23.7 Å². The molecule has 0 aromatic heterocycles. The Morgan fingerprint density at radius 2 is 2.21 bits per heavy atom. The first-order valence-corrected chi connectivity index (χ1v) is 7.56. The fourth-order valence-electron chi connectivity index (χ4n) is 2.19. The van der Waals surface area contributed by atoms with Gasteiger partial charge in [0.15, 0.2) is 0 Å². The SMILES string of the molecule is CC1CN(C(=O)c2cc(Br)ccc2Br)CC/C1=N\O. The van der Waals surface area contributed by atoms with E-state index >= 15 is 0 Å². The molecular weight excluding hydrogens is 376 g/mol. The maximum atomic E-state index is 12.5. The summed E-state index contributed by atoms with van der Waals surface area (Å²) in [5.74, 6) is 0.0886. The smallest absolute Gasteiger partial charge is 0.255 e. The van der Waals surface area contributed by atoms with Crippen LogP contribution >= 0.6 is 31.9 Å². The highest BCUT2D eigenvalue weighted by Gasteiger charge is 2.27. The molecule has 1 atom stereocenters. The zero-order chi connectivity index (χ0) is 14.0. The highest BCUT2D eigenvalue weighted by Crippen LogP contribution is 2.24. The van der Waals surface area contributed by atoms with Crippen LogP contribution in [0.15, 0.2) is 32.3 Å². The van der Waals surface area contributed by atoms with Crippen molar-refractivity contribution in [2.75, 3.05) is 13.1 Å². The van der Waals surface area contributed by atoms with E-state index in [1.807, 2.05) is 25.1 Å². The van der Waals surface area contributed by atoms with Gasteiger partial charge in [-0.05, 0) is 34.1 Å². The first-order chi connectivity index (χ1) is 9.02. The third kappa shape index (κ3) is 3.17. The molecule has 1 unspecified atom stereocenters. The summed E-state index contributed by atoms with van der Waals surface area (Å²) >= 11 is 6.78. The topological polar surface area (TPSA) is 52.9 Å². The molecule has 19 heavy (non-hydrogen) atoms.